The quantitative estimate of drug-likeness (QED) is 0.355. The Morgan fingerprint density at radius 1 is 0.793 bits per heavy atom. The number of rotatable bonds is 1. The van der Waals surface area contributed by atoms with Gasteiger partial charge in [-0.1, -0.05) is 36.4 Å². The molecule has 0 spiro atoms. The second kappa shape index (κ2) is 6.41. The molecule has 2 heterocycles. The van der Waals surface area contributed by atoms with Crippen molar-refractivity contribution in [3.05, 3.63) is 82.9 Å². The fourth-order valence-electron chi connectivity index (χ4n) is 4.88. The molecule has 3 nitrogen and oxygen atoms in total. The number of ether oxygens (including phenoxy) is 1. The highest BCUT2D eigenvalue weighted by atomic mass is 16.5. The molecule has 0 unspecified atom stereocenters. The van der Waals surface area contributed by atoms with Gasteiger partial charge in [-0.05, 0) is 73.6 Å². The third-order valence-corrected chi connectivity index (χ3v) is 6.33. The van der Waals surface area contributed by atoms with Crippen molar-refractivity contribution in [2.24, 2.45) is 0 Å². The molecule has 3 aromatic carbocycles. The van der Waals surface area contributed by atoms with Gasteiger partial charge in [0.15, 0.2) is 5.75 Å². The van der Waals surface area contributed by atoms with Crippen LogP contribution in [0.4, 0.5) is 17.3 Å². The Labute approximate surface area is 170 Å². The molecule has 0 bridgehead atoms. The zero-order valence-electron chi connectivity index (χ0n) is 16.6. The fourth-order valence-corrected chi connectivity index (χ4v) is 4.88. The van der Waals surface area contributed by atoms with E-state index in [1.54, 1.807) is 0 Å². The standard InChI is InChI=1S/C26H23NO2/c1-17-14-15-23(20-10-4-3-9-19(17)20)27-22-12-6-2-8-18(22)16-28-25-21-11-5-7-13-24(21)29-26(25)27/h2,5-8,11-15H,3-4,9-10,16H2,1H3. The lowest BCUT2D eigenvalue weighted by Gasteiger charge is -2.29. The van der Waals surface area contributed by atoms with Crippen LogP contribution < -0.4 is 9.64 Å². The van der Waals surface area contributed by atoms with Crippen LogP contribution in [0, 0.1) is 6.92 Å². The average molecular weight is 381 g/mol. The van der Waals surface area contributed by atoms with Gasteiger partial charge in [0, 0.05) is 5.56 Å². The largest absolute Gasteiger partial charge is 0.483 e. The first kappa shape index (κ1) is 16.7. The van der Waals surface area contributed by atoms with Crippen molar-refractivity contribution in [3.8, 4) is 5.75 Å². The molecule has 1 aromatic heterocycles. The van der Waals surface area contributed by atoms with Crippen molar-refractivity contribution in [1.29, 1.82) is 0 Å². The second-order valence-corrected chi connectivity index (χ2v) is 8.05. The summed E-state index contributed by atoms with van der Waals surface area (Å²) in [6.07, 6.45) is 4.78. The maximum Gasteiger partial charge on any atom is 0.248 e. The fraction of sp³-hybridized carbons (Fsp3) is 0.231. The van der Waals surface area contributed by atoms with E-state index < -0.39 is 0 Å². The molecule has 0 atom stereocenters. The van der Waals surface area contributed by atoms with Crippen molar-refractivity contribution >= 4 is 28.2 Å². The Morgan fingerprint density at radius 2 is 1.59 bits per heavy atom. The predicted molar refractivity (Wildman–Crippen MR) is 117 cm³/mol. The van der Waals surface area contributed by atoms with E-state index in [9.17, 15) is 0 Å². The van der Waals surface area contributed by atoms with E-state index in [1.807, 2.05) is 18.2 Å². The molecule has 0 N–H and O–H groups in total. The summed E-state index contributed by atoms with van der Waals surface area (Å²) >= 11 is 0. The third-order valence-electron chi connectivity index (χ3n) is 6.33. The van der Waals surface area contributed by atoms with Gasteiger partial charge >= 0.3 is 0 Å². The van der Waals surface area contributed by atoms with E-state index in [0.29, 0.717) is 6.61 Å². The molecule has 4 aromatic rings. The van der Waals surface area contributed by atoms with Gasteiger partial charge in [-0.3, -0.25) is 4.90 Å². The first-order valence-electron chi connectivity index (χ1n) is 10.4. The van der Waals surface area contributed by atoms with Crippen molar-refractivity contribution in [2.45, 2.75) is 39.2 Å². The molecule has 0 radical (unpaired) electrons. The summed E-state index contributed by atoms with van der Waals surface area (Å²) in [6, 6.07) is 21.2. The maximum atomic E-state index is 6.42. The van der Waals surface area contributed by atoms with E-state index in [4.69, 9.17) is 9.15 Å². The molecule has 144 valence electrons. The van der Waals surface area contributed by atoms with Crippen LogP contribution in [0.5, 0.6) is 5.75 Å². The molecule has 0 fully saturated rings. The maximum absolute atomic E-state index is 6.42. The first-order chi connectivity index (χ1) is 14.3. The molecule has 3 heteroatoms. The lowest BCUT2D eigenvalue weighted by molar-refractivity contribution is 0.311. The van der Waals surface area contributed by atoms with E-state index in [1.165, 1.54) is 40.8 Å². The van der Waals surface area contributed by atoms with E-state index in [2.05, 4.69) is 54.3 Å². The number of hydrogen-bond donors (Lipinski definition) is 0. The van der Waals surface area contributed by atoms with Crippen molar-refractivity contribution in [1.82, 2.24) is 0 Å². The highest BCUT2D eigenvalue weighted by Crippen LogP contribution is 2.50. The van der Waals surface area contributed by atoms with Gasteiger partial charge in [0.05, 0.1) is 16.8 Å². The van der Waals surface area contributed by atoms with Gasteiger partial charge in [0.25, 0.3) is 0 Å². The van der Waals surface area contributed by atoms with Gasteiger partial charge in [0.1, 0.15) is 12.2 Å². The van der Waals surface area contributed by atoms with Gasteiger partial charge in [-0.2, -0.15) is 0 Å². The monoisotopic (exact) mass is 381 g/mol. The summed E-state index contributed by atoms with van der Waals surface area (Å²) in [6.45, 7) is 2.78. The van der Waals surface area contributed by atoms with Crippen LogP contribution in [0.15, 0.2) is 65.1 Å². The summed E-state index contributed by atoms with van der Waals surface area (Å²) in [5, 5.41) is 1.03. The molecule has 0 amide bonds. The minimum Gasteiger partial charge on any atom is -0.483 e. The molecule has 29 heavy (non-hydrogen) atoms. The summed E-state index contributed by atoms with van der Waals surface area (Å²) < 4.78 is 12.7. The Hall–Kier alpha value is -3.20. The van der Waals surface area contributed by atoms with Crippen LogP contribution in [0.3, 0.4) is 0 Å². The van der Waals surface area contributed by atoms with E-state index in [-0.39, 0.29) is 0 Å². The van der Waals surface area contributed by atoms with Gasteiger partial charge in [0.2, 0.25) is 5.88 Å². The van der Waals surface area contributed by atoms with Crippen LogP contribution in [-0.2, 0) is 19.4 Å². The highest BCUT2D eigenvalue weighted by molar-refractivity contribution is 5.94. The topological polar surface area (TPSA) is 25.6 Å². The van der Waals surface area contributed by atoms with Crippen LogP contribution >= 0.6 is 0 Å². The molecule has 1 aliphatic heterocycles. The lowest BCUT2D eigenvalue weighted by atomic mass is 9.87. The van der Waals surface area contributed by atoms with Crippen molar-refractivity contribution < 1.29 is 9.15 Å². The SMILES string of the molecule is Cc1ccc(N2c3ccccc3COc3c2oc2ccccc32)c2c1CCCC2. The van der Waals surface area contributed by atoms with E-state index in [0.717, 1.165) is 41.1 Å². The average Bonchev–Trinajstić information content (AvgIpc) is 3.05. The predicted octanol–water partition coefficient (Wildman–Crippen LogP) is 6.98. The Bertz CT molecular complexity index is 1240. The first-order valence-corrected chi connectivity index (χ1v) is 10.4. The molecule has 2 aliphatic rings. The summed E-state index contributed by atoms with van der Waals surface area (Å²) in [4.78, 5) is 2.29. The third kappa shape index (κ3) is 2.50. The summed E-state index contributed by atoms with van der Waals surface area (Å²) in [5.41, 5.74) is 8.77. The Morgan fingerprint density at radius 3 is 2.52 bits per heavy atom. The van der Waals surface area contributed by atoms with Crippen molar-refractivity contribution in [2.75, 3.05) is 4.90 Å². The number of fused-ring (bicyclic) bond motifs is 5. The zero-order chi connectivity index (χ0) is 19.4. The molecule has 0 saturated heterocycles. The number of aryl methyl sites for hydroxylation is 1. The zero-order valence-corrected chi connectivity index (χ0v) is 16.6. The summed E-state index contributed by atoms with van der Waals surface area (Å²) in [7, 11) is 0. The second-order valence-electron chi connectivity index (χ2n) is 8.05. The van der Waals surface area contributed by atoms with Gasteiger partial charge < -0.3 is 9.15 Å². The van der Waals surface area contributed by atoms with Crippen LogP contribution in [-0.4, -0.2) is 0 Å². The molecule has 0 saturated carbocycles. The van der Waals surface area contributed by atoms with Crippen LogP contribution in [0.2, 0.25) is 0 Å². The highest BCUT2D eigenvalue weighted by Gasteiger charge is 2.31. The Balaban J connectivity index is 1.67. The lowest BCUT2D eigenvalue weighted by Crippen LogP contribution is -2.16. The minimum absolute atomic E-state index is 0.539. The number of hydrogen-bond acceptors (Lipinski definition) is 3. The van der Waals surface area contributed by atoms with Crippen LogP contribution in [0.25, 0.3) is 11.0 Å². The smallest absolute Gasteiger partial charge is 0.248 e. The Kier molecular flexibility index (Phi) is 3.70. The molecule has 6 rings (SSSR count). The van der Waals surface area contributed by atoms with Crippen molar-refractivity contribution in [3.63, 3.8) is 0 Å². The molecule has 1 aliphatic carbocycles. The number of para-hydroxylation sites is 2. The van der Waals surface area contributed by atoms with Gasteiger partial charge in [-0.15, -0.1) is 0 Å². The molecular weight excluding hydrogens is 358 g/mol. The van der Waals surface area contributed by atoms with Crippen LogP contribution in [0.1, 0.15) is 35.1 Å². The number of furan rings is 1. The number of nitrogens with zero attached hydrogens (tertiary/aromatic N) is 1. The number of anilines is 3. The molecular formula is C26H23NO2. The number of benzene rings is 3. The van der Waals surface area contributed by atoms with E-state index >= 15 is 0 Å². The summed E-state index contributed by atoms with van der Waals surface area (Å²) in [5.74, 6) is 1.62. The normalized spacial score (nSPS) is 15.3. The van der Waals surface area contributed by atoms with Gasteiger partial charge in [-0.25, -0.2) is 0 Å². The minimum atomic E-state index is 0.539.